The fraction of sp³-hybridized carbons (Fsp3) is 0.0625. The van der Waals surface area contributed by atoms with E-state index in [0.29, 0.717) is 5.69 Å². The zero-order valence-electron chi connectivity index (χ0n) is 11.4. The van der Waals surface area contributed by atoms with Gasteiger partial charge in [0.05, 0.1) is 24.0 Å². The third kappa shape index (κ3) is 2.64. The van der Waals surface area contributed by atoms with Crippen molar-refractivity contribution in [2.45, 2.75) is 0 Å². The Balaban J connectivity index is 2.11. The van der Waals surface area contributed by atoms with Crippen LogP contribution in [-0.2, 0) is 0 Å². The maximum atomic E-state index is 6.00. The van der Waals surface area contributed by atoms with Gasteiger partial charge >= 0.3 is 0 Å². The minimum absolute atomic E-state index is 0.713. The Kier molecular flexibility index (Phi) is 3.66. The van der Waals surface area contributed by atoms with Crippen LogP contribution in [0.25, 0.3) is 10.9 Å². The zero-order chi connectivity index (χ0) is 14.8. The largest absolute Gasteiger partial charge is 0.495 e. The minimum Gasteiger partial charge on any atom is -0.495 e. The van der Waals surface area contributed by atoms with Crippen LogP contribution < -0.4 is 15.8 Å². The molecule has 0 saturated heterocycles. The van der Waals surface area contributed by atoms with E-state index in [2.05, 4.69) is 26.2 Å². The van der Waals surface area contributed by atoms with E-state index < -0.39 is 0 Å². The number of pyridine rings is 1. The number of benzene rings is 2. The lowest BCUT2D eigenvalue weighted by atomic mass is 10.1. The number of hydrogen-bond donors (Lipinski definition) is 2. The Morgan fingerprint density at radius 2 is 2.00 bits per heavy atom. The highest BCUT2D eigenvalue weighted by atomic mass is 79.9. The van der Waals surface area contributed by atoms with E-state index in [1.807, 2.05) is 42.5 Å². The van der Waals surface area contributed by atoms with Crippen molar-refractivity contribution in [1.82, 2.24) is 4.98 Å². The number of rotatable bonds is 3. The van der Waals surface area contributed by atoms with Crippen molar-refractivity contribution < 1.29 is 4.74 Å². The smallest absolute Gasteiger partial charge is 0.142 e. The number of nitrogens with zero attached hydrogens (tertiary/aromatic N) is 1. The lowest BCUT2D eigenvalue weighted by molar-refractivity contribution is 0.417. The van der Waals surface area contributed by atoms with Gasteiger partial charge in [-0.3, -0.25) is 4.98 Å². The average molecular weight is 344 g/mol. The molecule has 2 aromatic carbocycles. The van der Waals surface area contributed by atoms with Crippen molar-refractivity contribution in [2.75, 3.05) is 18.2 Å². The van der Waals surface area contributed by atoms with Crippen LogP contribution in [0.4, 0.5) is 17.1 Å². The maximum Gasteiger partial charge on any atom is 0.142 e. The molecule has 106 valence electrons. The summed E-state index contributed by atoms with van der Waals surface area (Å²) in [5, 5.41) is 4.29. The molecule has 0 unspecified atom stereocenters. The molecule has 21 heavy (non-hydrogen) atoms. The van der Waals surface area contributed by atoms with Crippen molar-refractivity contribution in [3.63, 3.8) is 0 Å². The van der Waals surface area contributed by atoms with E-state index in [1.165, 1.54) is 0 Å². The predicted molar refractivity (Wildman–Crippen MR) is 90.1 cm³/mol. The van der Waals surface area contributed by atoms with E-state index in [9.17, 15) is 0 Å². The second-order valence-corrected chi connectivity index (χ2v) is 5.49. The van der Waals surface area contributed by atoms with Gasteiger partial charge in [-0.15, -0.1) is 0 Å². The summed E-state index contributed by atoms with van der Waals surface area (Å²) in [4.78, 5) is 4.42. The molecule has 1 heterocycles. The van der Waals surface area contributed by atoms with Crippen LogP contribution in [0.3, 0.4) is 0 Å². The molecular weight excluding hydrogens is 330 g/mol. The van der Waals surface area contributed by atoms with Gasteiger partial charge in [-0.2, -0.15) is 0 Å². The van der Waals surface area contributed by atoms with Crippen LogP contribution in [0.5, 0.6) is 5.75 Å². The van der Waals surface area contributed by atoms with Gasteiger partial charge in [0.15, 0.2) is 0 Å². The van der Waals surface area contributed by atoms with Gasteiger partial charge in [0.1, 0.15) is 5.75 Å². The minimum atomic E-state index is 0.713. The molecule has 3 rings (SSSR count). The van der Waals surface area contributed by atoms with Crippen LogP contribution in [0.15, 0.2) is 53.1 Å². The molecule has 5 heteroatoms. The Morgan fingerprint density at radius 1 is 1.14 bits per heavy atom. The van der Waals surface area contributed by atoms with Crippen molar-refractivity contribution in [3.05, 3.63) is 53.1 Å². The molecule has 0 saturated carbocycles. The molecule has 0 atom stereocenters. The van der Waals surface area contributed by atoms with Gasteiger partial charge in [0.25, 0.3) is 0 Å². The van der Waals surface area contributed by atoms with Crippen molar-refractivity contribution >= 4 is 43.9 Å². The van der Waals surface area contributed by atoms with Crippen LogP contribution >= 0.6 is 15.9 Å². The summed E-state index contributed by atoms with van der Waals surface area (Å²) in [5.74, 6) is 0.763. The SMILES string of the molecule is COc1ccc(Br)cc1Nc1ccc(N)c2cccnc12. The summed E-state index contributed by atoms with van der Waals surface area (Å²) in [6.07, 6.45) is 1.76. The third-order valence-electron chi connectivity index (χ3n) is 3.23. The first kappa shape index (κ1) is 13.7. The molecule has 0 bridgehead atoms. The zero-order valence-corrected chi connectivity index (χ0v) is 13.0. The number of nitrogen functional groups attached to an aromatic ring is 1. The number of nitrogens with one attached hydrogen (secondary N) is 1. The Bertz CT molecular complexity index is 805. The van der Waals surface area contributed by atoms with E-state index >= 15 is 0 Å². The van der Waals surface area contributed by atoms with Gasteiger partial charge in [0, 0.05) is 21.7 Å². The first-order chi connectivity index (χ1) is 10.2. The highest BCUT2D eigenvalue weighted by Crippen LogP contribution is 2.34. The standard InChI is InChI=1S/C16H14BrN3O/c1-21-15-7-4-10(17)9-14(15)20-13-6-5-12(18)11-3-2-8-19-16(11)13/h2-9,20H,18H2,1H3. The number of fused-ring (bicyclic) bond motifs is 1. The van der Waals surface area contributed by atoms with E-state index in [0.717, 1.165) is 32.5 Å². The highest BCUT2D eigenvalue weighted by molar-refractivity contribution is 9.10. The summed E-state index contributed by atoms with van der Waals surface area (Å²) in [5.41, 5.74) is 9.29. The lowest BCUT2D eigenvalue weighted by Crippen LogP contribution is -1.98. The second kappa shape index (κ2) is 5.61. The number of halogens is 1. The molecule has 0 aliphatic rings. The third-order valence-corrected chi connectivity index (χ3v) is 3.73. The molecule has 0 amide bonds. The van der Waals surface area contributed by atoms with Crippen LogP contribution in [0.2, 0.25) is 0 Å². The molecule has 3 aromatic rings. The fourth-order valence-electron chi connectivity index (χ4n) is 2.22. The van der Waals surface area contributed by atoms with Gasteiger partial charge in [0.2, 0.25) is 0 Å². The molecule has 0 radical (unpaired) electrons. The number of nitrogens with two attached hydrogens (primary N) is 1. The number of ether oxygens (including phenoxy) is 1. The number of anilines is 3. The Morgan fingerprint density at radius 3 is 2.81 bits per heavy atom. The fourth-order valence-corrected chi connectivity index (χ4v) is 2.58. The Labute approximate surface area is 131 Å². The molecular formula is C16H14BrN3O. The van der Waals surface area contributed by atoms with E-state index in [4.69, 9.17) is 10.5 Å². The van der Waals surface area contributed by atoms with Crippen molar-refractivity contribution in [3.8, 4) is 5.75 Å². The van der Waals surface area contributed by atoms with Crippen LogP contribution in [0, 0.1) is 0 Å². The number of hydrogen-bond acceptors (Lipinski definition) is 4. The number of aromatic nitrogens is 1. The van der Waals surface area contributed by atoms with Gasteiger partial charge in [-0.25, -0.2) is 0 Å². The molecule has 0 aliphatic carbocycles. The molecule has 0 aliphatic heterocycles. The molecule has 4 nitrogen and oxygen atoms in total. The van der Waals surface area contributed by atoms with Gasteiger partial charge in [-0.05, 0) is 42.5 Å². The summed E-state index contributed by atoms with van der Waals surface area (Å²) in [6.45, 7) is 0. The van der Waals surface area contributed by atoms with E-state index in [1.54, 1.807) is 13.3 Å². The molecule has 0 fully saturated rings. The topological polar surface area (TPSA) is 60.2 Å². The highest BCUT2D eigenvalue weighted by Gasteiger charge is 2.08. The summed E-state index contributed by atoms with van der Waals surface area (Å²) >= 11 is 3.47. The first-order valence-electron chi connectivity index (χ1n) is 6.43. The molecule has 3 N–H and O–H groups in total. The quantitative estimate of drug-likeness (QED) is 0.694. The number of methoxy groups -OCH3 is 1. The Hall–Kier alpha value is -2.27. The molecule has 1 aromatic heterocycles. The van der Waals surface area contributed by atoms with Crippen molar-refractivity contribution in [2.24, 2.45) is 0 Å². The van der Waals surface area contributed by atoms with Gasteiger partial charge < -0.3 is 15.8 Å². The predicted octanol–water partition coefficient (Wildman–Crippen LogP) is 4.33. The summed E-state index contributed by atoms with van der Waals surface area (Å²) < 4.78 is 6.35. The summed E-state index contributed by atoms with van der Waals surface area (Å²) in [6, 6.07) is 13.4. The van der Waals surface area contributed by atoms with Crippen LogP contribution in [0.1, 0.15) is 0 Å². The summed E-state index contributed by atoms with van der Waals surface area (Å²) in [7, 11) is 1.65. The van der Waals surface area contributed by atoms with Gasteiger partial charge in [-0.1, -0.05) is 15.9 Å². The lowest BCUT2D eigenvalue weighted by Gasteiger charge is -2.13. The molecule has 0 spiro atoms. The monoisotopic (exact) mass is 343 g/mol. The van der Waals surface area contributed by atoms with Crippen LogP contribution in [-0.4, -0.2) is 12.1 Å². The van der Waals surface area contributed by atoms with Crippen molar-refractivity contribution in [1.29, 1.82) is 0 Å². The van der Waals surface area contributed by atoms with E-state index in [-0.39, 0.29) is 0 Å². The normalized spacial score (nSPS) is 10.6. The first-order valence-corrected chi connectivity index (χ1v) is 7.22. The second-order valence-electron chi connectivity index (χ2n) is 4.57. The maximum absolute atomic E-state index is 6.00. The average Bonchev–Trinajstić information content (AvgIpc) is 2.51.